The van der Waals surface area contributed by atoms with Crippen molar-refractivity contribution in [2.24, 2.45) is 0 Å². The van der Waals surface area contributed by atoms with E-state index in [4.69, 9.17) is 79.1 Å². The number of ketones is 2. The minimum Gasteiger partial charge on any atom is -0.506 e. The van der Waals surface area contributed by atoms with E-state index < -0.39 is 11.6 Å². The van der Waals surface area contributed by atoms with Crippen LogP contribution in [-0.4, -0.2) is 45.6 Å². The maximum Gasteiger partial charge on any atom is 0.215 e. The van der Waals surface area contributed by atoms with Crippen molar-refractivity contribution in [1.82, 2.24) is 9.55 Å². The number of phenolic OH excluding ortho intramolecular Hbond substituents is 2. The lowest BCUT2D eigenvalue weighted by atomic mass is 10.0. The maximum absolute atomic E-state index is 13.7. The van der Waals surface area contributed by atoms with E-state index in [1.165, 1.54) is 38.5 Å². The molecule has 2 aromatic carbocycles. The fourth-order valence-corrected chi connectivity index (χ4v) is 4.86. The summed E-state index contributed by atoms with van der Waals surface area (Å²) in [5.41, 5.74) is -0.529. The number of aromatic nitrogens is 2. The lowest BCUT2D eigenvalue weighted by Gasteiger charge is -2.14. The zero-order valence-electron chi connectivity index (χ0n) is 19.1. The number of carbonyl (C=O) groups excluding carboxylic acids is 2. The molecule has 0 unspecified atom stereocenters. The summed E-state index contributed by atoms with van der Waals surface area (Å²) < 4.78 is 11.6. The van der Waals surface area contributed by atoms with Crippen LogP contribution in [0.1, 0.15) is 32.1 Å². The molecule has 0 fully saturated rings. The molecule has 0 aliphatic heterocycles. The van der Waals surface area contributed by atoms with E-state index >= 15 is 0 Å². The lowest BCUT2D eigenvalue weighted by molar-refractivity contribution is 0.101. The molecule has 0 bridgehead atoms. The normalized spacial score (nSPS) is 11.1. The number of rotatable bonds is 7. The number of halogens is 6. The highest BCUT2D eigenvalue weighted by molar-refractivity contribution is 6.45. The van der Waals surface area contributed by atoms with Gasteiger partial charge in [0, 0.05) is 12.1 Å². The number of carbonyl (C=O) groups is 2. The van der Waals surface area contributed by atoms with Crippen LogP contribution in [0.25, 0.3) is 5.69 Å². The standard InChI is InChI=1S/C24H14Cl6N2O6/c1-37-16-6-14(33)10(25)3-8(16)21(35)13-5-12(27)24(30)32(13)20-18(28)23(29)31-19(20)22(36)9-4-11(26)15(34)7-17(9)38-2/h3-7,31,33-34H,1-2H3. The van der Waals surface area contributed by atoms with Gasteiger partial charge in [-0.25, -0.2) is 0 Å². The van der Waals surface area contributed by atoms with Crippen molar-refractivity contribution in [2.75, 3.05) is 14.2 Å². The molecule has 2 heterocycles. The molecule has 0 radical (unpaired) electrons. The molecule has 3 N–H and O–H groups in total. The molecule has 0 aliphatic carbocycles. The predicted molar refractivity (Wildman–Crippen MR) is 146 cm³/mol. The summed E-state index contributed by atoms with van der Waals surface area (Å²) in [6.45, 7) is 0. The molecule has 0 amide bonds. The number of aromatic hydroxyl groups is 2. The molecular weight excluding hydrogens is 625 g/mol. The zero-order valence-corrected chi connectivity index (χ0v) is 23.7. The Bertz CT molecular complexity index is 1510. The fraction of sp³-hybridized carbons (Fsp3) is 0.0833. The van der Waals surface area contributed by atoms with Crippen LogP contribution in [0.15, 0.2) is 30.3 Å². The van der Waals surface area contributed by atoms with Crippen molar-refractivity contribution in [3.63, 3.8) is 0 Å². The van der Waals surface area contributed by atoms with E-state index in [-0.39, 0.29) is 81.6 Å². The van der Waals surface area contributed by atoms with Gasteiger partial charge in [0.05, 0.1) is 51.8 Å². The van der Waals surface area contributed by atoms with Crippen LogP contribution in [0.2, 0.25) is 30.4 Å². The summed E-state index contributed by atoms with van der Waals surface area (Å²) in [6, 6.07) is 6.00. The first-order valence-corrected chi connectivity index (χ1v) is 12.5. The topological polar surface area (TPSA) is 114 Å². The molecule has 0 saturated heterocycles. The first-order valence-electron chi connectivity index (χ1n) is 10.3. The lowest BCUT2D eigenvalue weighted by Crippen LogP contribution is -2.14. The summed E-state index contributed by atoms with van der Waals surface area (Å²) in [4.78, 5) is 30.1. The first kappa shape index (κ1) is 28.3. The van der Waals surface area contributed by atoms with Crippen molar-refractivity contribution >= 4 is 81.2 Å². The fourth-order valence-electron chi connectivity index (χ4n) is 3.70. The van der Waals surface area contributed by atoms with Gasteiger partial charge < -0.3 is 24.7 Å². The van der Waals surface area contributed by atoms with Crippen LogP contribution < -0.4 is 9.47 Å². The van der Waals surface area contributed by atoms with Gasteiger partial charge in [-0.3, -0.25) is 14.2 Å². The monoisotopic (exact) mass is 636 g/mol. The van der Waals surface area contributed by atoms with E-state index in [0.717, 1.165) is 10.6 Å². The van der Waals surface area contributed by atoms with E-state index in [9.17, 15) is 19.8 Å². The Hall–Kier alpha value is -2.72. The van der Waals surface area contributed by atoms with E-state index in [0.29, 0.717) is 0 Å². The third-order valence-electron chi connectivity index (χ3n) is 5.48. The van der Waals surface area contributed by atoms with Crippen LogP contribution in [0.5, 0.6) is 23.0 Å². The molecule has 0 spiro atoms. The second-order valence-corrected chi connectivity index (χ2v) is 9.98. The smallest absolute Gasteiger partial charge is 0.215 e. The van der Waals surface area contributed by atoms with Crippen molar-refractivity contribution in [3.05, 3.63) is 83.2 Å². The van der Waals surface area contributed by atoms with Gasteiger partial charge in [-0.2, -0.15) is 0 Å². The van der Waals surface area contributed by atoms with Crippen LogP contribution in [0.3, 0.4) is 0 Å². The number of nitrogens with one attached hydrogen (secondary N) is 1. The Morgan fingerprint density at radius 3 is 1.76 bits per heavy atom. The Morgan fingerprint density at radius 2 is 1.26 bits per heavy atom. The summed E-state index contributed by atoms with van der Waals surface area (Å²) in [6.07, 6.45) is 0. The van der Waals surface area contributed by atoms with Gasteiger partial charge in [0.25, 0.3) is 0 Å². The number of hydrogen-bond acceptors (Lipinski definition) is 6. The second-order valence-electron chi connectivity index (χ2n) is 7.65. The Labute approximate surface area is 245 Å². The number of nitrogens with zero attached hydrogens (tertiary/aromatic N) is 1. The highest BCUT2D eigenvalue weighted by atomic mass is 35.5. The molecule has 14 heteroatoms. The Balaban J connectivity index is 1.97. The molecule has 0 atom stereocenters. The van der Waals surface area contributed by atoms with Crippen molar-refractivity contribution in [2.45, 2.75) is 0 Å². The molecule has 4 rings (SSSR count). The average molecular weight is 639 g/mol. The van der Waals surface area contributed by atoms with Crippen LogP contribution >= 0.6 is 69.6 Å². The maximum atomic E-state index is 13.7. The van der Waals surface area contributed by atoms with E-state index in [2.05, 4.69) is 4.98 Å². The second kappa shape index (κ2) is 10.8. The van der Waals surface area contributed by atoms with Crippen LogP contribution in [0, 0.1) is 0 Å². The average Bonchev–Trinajstić information content (AvgIpc) is 3.34. The van der Waals surface area contributed by atoms with Gasteiger partial charge in [-0.1, -0.05) is 69.6 Å². The molecule has 0 aliphatic rings. The predicted octanol–water partition coefficient (Wildman–Crippen LogP) is 7.62. The molecule has 8 nitrogen and oxygen atoms in total. The molecule has 0 saturated carbocycles. The van der Waals surface area contributed by atoms with Crippen molar-refractivity contribution in [1.29, 1.82) is 0 Å². The highest BCUT2D eigenvalue weighted by Gasteiger charge is 2.31. The highest BCUT2D eigenvalue weighted by Crippen LogP contribution is 2.42. The van der Waals surface area contributed by atoms with Gasteiger partial charge in [0.15, 0.2) is 0 Å². The molecular formula is C24H14Cl6N2O6. The first-order chi connectivity index (χ1) is 17.9. The summed E-state index contributed by atoms with van der Waals surface area (Å²) in [5.74, 6) is -2.00. The quantitative estimate of drug-likeness (QED) is 0.180. The third kappa shape index (κ3) is 4.77. The van der Waals surface area contributed by atoms with Gasteiger partial charge in [0.2, 0.25) is 11.6 Å². The van der Waals surface area contributed by atoms with E-state index in [1.54, 1.807) is 0 Å². The number of aromatic amines is 1. The van der Waals surface area contributed by atoms with Crippen LogP contribution in [0.4, 0.5) is 0 Å². The van der Waals surface area contributed by atoms with Crippen molar-refractivity contribution in [3.8, 4) is 28.7 Å². The van der Waals surface area contributed by atoms with Gasteiger partial charge in [-0.15, -0.1) is 0 Å². The number of ether oxygens (including phenoxy) is 2. The summed E-state index contributed by atoms with van der Waals surface area (Å²) in [7, 11) is 2.60. The van der Waals surface area contributed by atoms with Gasteiger partial charge in [-0.05, 0) is 18.2 Å². The summed E-state index contributed by atoms with van der Waals surface area (Å²) >= 11 is 37.6. The number of methoxy groups -OCH3 is 2. The summed E-state index contributed by atoms with van der Waals surface area (Å²) in [5, 5.41) is 19.1. The number of phenols is 2. The zero-order chi connectivity index (χ0) is 28.0. The molecule has 38 heavy (non-hydrogen) atoms. The number of hydrogen-bond donors (Lipinski definition) is 3. The SMILES string of the molecule is COc1cc(O)c(Cl)cc1C(=O)c1[nH]c(Cl)c(Cl)c1-n1c(C(=O)c2cc(Cl)c(O)cc2OC)cc(Cl)c1Cl. The number of H-pyrrole nitrogens is 1. The van der Waals surface area contributed by atoms with Crippen molar-refractivity contribution < 1.29 is 29.3 Å². The molecule has 4 aromatic rings. The Morgan fingerprint density at radius 1 is 0.763 bits per heavy atom. The van der Waals surface area contributed by atoms with E-state index in [1.807, 2.05) is 0 Å². The number of benzene rings is 2. The third-order valence-corrected chi connectivity index (χ3v) is 7.59. The van der Waals surface area contributed by atoms with Gasteiger partial charge >= 0.3 is 0 Å². The Kier molecular flexibility index (Phi) is 8.04. The minimum atomic E-state index is -0.711. The largest absolute Gasteiger partial charge is 0.506 e. The van der Waals surface area contributed by atoms with Gasteiger partial charge in [0.1, 0.15) is 44.0 Å². The molecule has 198 valence electrons. The van der Waals surface area contributed by atoms with Crippen LogP contribution in [-0.2, 0) is 0 Å². The molecule has 2 aromatic heterocycles. The minimum absolute atomic E-state index is 0.00102.